The lowest BCUT2D eigenvalue weighted by molar-refractivity contribution is -0.131. The van der Waals surface area contributed by atoms with Crippen LogP contribution in [-0.4, -0.2) is 5.97 Å². The smallest absolute Gasteiger partial charge is 0.308 e. The first-order chi connectivity index (χ1) is 9.86. The molecule has 1 unspecified atom stereocenters. The molecule has 0 spiro atoms. The molecule has 1 aromatic carbocycles. The maximum atomic E-state index is 10.7. The number of carbonyl (C=O) groups is 1. The summed E-state index contributed by atoms with van der Waals surface area (Å²) in [5.74, 6) is 1.75. The van der Waals surface area contributed by atoms with E-state index < -0.39 is 0 Å². The summed E-state index contributed by atoms with van der Waals surface area (Å²) in [7, 11) is 0. The molecule has 0 saturated heterocycles. The van der Waals surface area contributed by atoms with Gasteiger partial charge in [0.15, 0.2) is 0 Å². The molecule has 0 aliphatic carbocycles. The number of benzene rings is 1. The van der Waals surface area contributed by atoms with E-state index in [-0.39, 0.29) is 5.97 Å². The minimum Gasteiger partial charge on any atom is -0.427 e. The molecule has 0 amide bonds. The van der Waals surface area contributed by atoms with E-state index in [1.54, 1.807) is 0 Å². The highest BCUT2D eigenvalue weighted by Gasteiger charge is 2.04. The minimum atomic E-state index is -0.274. The van der Waals surface area contributed by atoms with Crippen molar-refractivity contribution in [2.45, 2.75) is 74.1 Å². The second-order valence-electron chi connectivity index (χ2n) is 5.58. The van der Waals surface area contributed by atoms with Gasteiger partial charge in [0, 0.05) is 6.92 Å². The lowest BCUT2D eigenvalue weighted by Crippen LogP contribution is -2.01. The van der Waals surface area contributed by atoms with E-state index in [0.29, 0.717) is 11.7 Å². The molecule has 2 heteroatoms. The molecule has 0 aromatic heterocycles. The third kappa shape index (κ3) is 13.4. The molecule has 2 nitrogen and oxygen atoms in total. The van der Waals surface area contributed by atoms with Gasteiger partial charge in [-0.25, -0.2) is 0 Å². The largest absolute Gasteiger partial charge is 0.427 e. The lowest BCUT2D eigenvalue weighted by atomic mass is 9.97. The fourth-order valence-corrected chi connectivity index (χ4v) is 1.63. The molecule has 0 aliphatic heterocycles. The van der Waals surface area contributed by atoms with Crippen LogP contribution in [0.3, 0.4) is 0 Å². The summed E-state index contributed by atoms with van der Waals surface area (Å²) in [6.07, 6.45) is 2.37. The van der Waals surface area contributed by atoms with Crippen molar-refractivity contribution < 1.29 is 9.53 Å². The van der Waals surface area contributed by atoms with Crippen LogP contribution in [0.1, 0.15) is 79.7 Å². The Kier molecular flexibility index (Phi) is 14.3. The molecule has 0 fully saturated rings. The van der Waals surface area contributed by atoms with Gasteiger partial charge in [-0.05, 0) is 36.0 Å². The van der Waals surface area contributed by atoms with Gasteiger partial charge >= 0.3 is 5.97 Å². The summed E-state index contributed by atoms with van der Waals surface area (Å²) in [5.41, 5.74) is 1.30. The Morgan fingerprint density at radius 2 is 1.48 bits per heavy atom. The summed E-state index contributed by atoms with van der Waals surface area (Å²) < 4.78 is 4.97. The van der Waals surface area contributed by atoms with E-state index in [2.05, 4.69) is 34.6 Å². The van der Waals surface area contributed by atoms with Crippen molar-refractivity contribution >= 4 is 5.97 Å². The van der Waals surface area contributed by atoms with Gasteiger partial charge in [-0.3, -0.25) is 4.79 Å². The van der Waals surface area contributed by atoms with Gasteiger partial charge in [0.25, 0.3) is 0 Å². The van der Waals surface area contributed by atoms with Crippen LogP contribution in [0, 0.1) is 5.92 Å². The average Bonchev–Trinajstić information content (AvgIpc) is 2.41. The Labute approximate surface area is 131 Å². The van der Waals surface area contributed by atoms with E-state index in [1.807, 2.05) is 38.1 Å². The summed E-state index contributed by atoms with van der Waals surface area (Å²) in [6.45, 7) is 16.3. The van der Waals surface area contributed by atoms with Crippen molar-refractivity contribution in [1.82, 2.24) is 0 Å². The Morgan fingerprint density at radius 3 is 1.81 bits per heavy atom. The predicted molar refractivity (Wildman–Crippen MR) is 92.9 cm³/mol. The van der Waals surface area contributed by atoms with E-state index in [0.717, 1.165) is 5.92 Å². The fraction of sp³-hybridized carbons (Fsp3) is 0.632. The standard InChI is InChI=1S/C13H18O2.C4H10.C2H6/c1-4-5-10(2)12-6-8-13(9-7-12)15-11(3)14;1-4(2)3;1-2/h6-10H,4-5H2,1-3H3;4H,1-3H3;1-2H3. The second kappa shape index (κ2) is 13.7. The first-order valence-electron chi connectivity index (χ1n) is 8.15. The molecule has 0 saturated carbocycles. The fourth-order valence-electron chi connectivity index (χ4n) is 1.63. The van der Waals surface area contributed by atoms with Gasteiger partial charge in [0.2, 0.25) is 0 Å². The number of esters is 1. The molecule has 0 N–H and O–H groups in total. The second-order valence-corrected chi connectivity index (χ2v) is 5.58. The maximum Gasteiger partial charge on any atom is 0.308 e. The normalized spacial score (nSPS) is 10.7. The quantitative estimate of drug-likeness (QED) is 0.488. The van der Waals surface area contributed by atoms with Gasteiger partial charge in [0.05, 0.1) is 0 Å². The average molecular weight is 294 g/mol. The topological polar surface area (TPSA) is 26.3 Å². The van der Waals surface area contributed by atoms with Crippen molar-refractivity contribution in [2.75, 3.05) is 0 Å². The molecular weight excluding hydrogens is 260 g/mol. The highest BCUT2D eigenvalue weighted by atomic mass is 16.5. The van der Waals surface area contributed by atoms with Crippen LogP contribution in [0.15, 0.2) is 24.3 Å². The zero-order valence-corrected chi connectivity index (χ0v) is 15.2. The zero-order chi connectivity index (χ0) is 16.8. The first kappa shape index (κ1) is 22.0. The Morgan fingerprint density at radius 1 is 1.05 bits per heavy atom. The monoisotopic (exact) mass is 294 g/mol. The van der Waals surface area contributed by atoms with Crippen molar-refractivity contribution in [2.24, 2.45) is 5.92 Å². The molecule has 0 aliphatic rings. The van der Waals surface area contributed by atoms with E-state index in [4.69, 9.17) is 4.74 Å². The third-order valence-corrected chi connectivity index (χ3v) is 2.43. The first-order valence-corrected chi connectivity index (χ1v) is 8.15. The molecule has 122 valence electrons. The highest BCUT2D eigenvalue weighted by Crippen LogP contribution is 2.22. The molecule has 0 heterocycles. The molecule has 21 heavy (non-hydrogen) atoms. The van der Waals surface area contributed by atoms with Gasteiger partial charge in [0.1, 0.15) is 5.75 Å². The number of hydrogen-bond acceptors (Lipinski definition) is 2. The van der Waals surface area contributed by atoms with Crippen molar-refractivity contribution in [3.63, 3.8) is 0 Å². The summed E-state index contributed by atoms with van der Waals surface area (Å²) in [6, 6.07) is 7.75. The van der Waals surface area contributed by atoms with Crippen LogP contribution in [0.25, 0.3) is 0 Å². The predicted octanol–water partition coefficient (Wildman–Crippen LogP) is 6.20. The summed E-state index contributed by atoms with van der Waals surface area (Å²) in [5, 5.41) is 0. The Hall–Kier alpha value is -1.31. The van der Waals surface area contributed by atoms with E-state index in [9.17, 15) is 4.79 Å². The molecular formula is C19H34O2. The number of ether oxygens (including phenoxy) is 1. The van der Waals surface area contributed by atoms with Gasteiger partial charge in [-0.15, -0.1) is 0 Å². The van der Waals surface area contributed by atoms with Crippen molar-refractivity contribution in [1.29, 1.82) is 0 Å². The number of carbonyl (C=O) groups excluding carboxylic acids is 1. The zero-order valence-electron chi connectivity index (χ0n) is 15.2. The van der Waals surface area contributed by atoms with Crippen molar-refractivity contribution in [3.05, 3.63) is 29.8 Å². The van der Waals surface area contributed by atoms with Crippen LogP contribution in [-0.2, 0) is 4.79 Å². The maximum absolute atomic E-state index is 10.7. The molecule has 1 aromatic rings. The third-order valence-electron chi connectivity index (χ3n) is 2.43. The van der Waals surface area contributed by atoms with Crippen LogP contribution in [0.4, 0.5) is 0 Å². The number of rotatable bonds is 4. The SMILES string of the molecule is CC.CC(C)C.CCCC(C)c1ccc(OC(C)=O)cc1. The number of hydrogen-bond donors (Lipinski definition) is 0. The van der Waals surface area contributed by atoms with Gasteiger partial charge in [-0.2, -0.15) is 0 Å². The van der Waals surface area contributed by atoms with Crippen LogP contribution >= 0.6 is 0 Å². The lowest BCUT2D eigenvalue weighted by Gasteiger charge is -2.10. The molecule has 1 rings (SSSR count). The van der Waals surface area contributed by atoms with Gasteiger partial charge < -0.3 is 4.74 Å². The Balaban J connectivity index is 0. The van der Waals surface area contributed by atoms with Crippen LogP contribution in [0.5, 0.6) is 5.75 Å². The van der Waals surface area contributed by atoms with E-state index in [1.165, 1.54) is 25.3 Å². The molecule has 1 atom stereocenters. The van der Waals surface area contributed by atoms with E-state index >= 15 is 0 Å². The summed E-state index contributed by atoms with van der Waals surface area (Å²) >= 11 is 0. The summed E-state index contributed by atoms with van der Waals surface area (Å²) in [4.78, 5) is 10.7. The molecule has 0 radical (unpaired) electrons. The highest BCUT2D eigenvalue weighted by molar-refractivity contribution is 5.69. The van der Waals surface area contributed by atoms with Crippen LogP contribution < -0.4 is 4.74 Å². The van der Waals surface area contributed by atoms with Gasteiger partial charge in [-0.1, -0.05) is 67.0 Å². The molecule has 0 bridgehead atoms. The Bertz CT molecular complexity index is 350. The minimum absolute atomic E-state index is 0.274. The van der Waals surface area contributed by atoms with Crippen LogP contribution in [0.2, 0.25) is 0 Å². The van der Waals surface area contributed by atoms with Crippen molar-refractivity contribution in [3.8, 4) is 5.75 Å².